The average molecular weight is 398 g/mol. The summed E-state index contributed by atoms with van der Waals surface area (Å²) in [5.41, 5.74) is 1.48. The molecule has 0 aromatic heterocycles. The number of rotatable bonds is 8. The van der Waals surface area contributed by atoms with Gasteiger partial charge in [-0.15, -0.1) is 0 Å². The summed E-state index contributed by atoms with van der Waals surface area (Å²) in [6, 6.07) is 13.8. The average Bonchev–Trinajstić information content (AvgIpc) is 2.70. The highest BCUT2D eigenvalue weighted by Gasteiger charge is 2.16. The minimum Gasteiger partial charge on any atom is -0.452 e. The van der Waals surface area contributed by atoms with Crippen molar-refractivity contribution in [3.8, 4) is 11.5 Å². The Labute approximate surface area is 164 Å². The van der Waals surface area contributed by atoms with E-state index < -0.39 is 16.6 Å². The number of anilines is 2. The Morgan fingerprint density at radius 3 is 2.48 bits per heavy atom. The van der Waals surface area contributed by atoms with Crippen molar-refractivity contribution in [3.63, 3.8) is 0 Å². The lowest BCUT2D eigenvalue weighted by Crippen LogP contribution is -2.00. The van der Waals surface area contributed by atoms with E-state index in [-0.39, 0.29) is 22.9 Å². The molecule has 3 aromatic rings. The lowest BCUT2D eigenvalue weighted by atomic mass is 10.1. The summed E-state index contributed by atoms with van der Waals surface area (Å²) in [5.74, 6) is -1.76. The van der Waals surface area contributed by atoms with Crippen LogP contribution in [-0.4, -0.2) is 11.2 Å². The molecule has 0 bridgehead atoms. The number of aryl methyl sites for hydroxylation is 1. The zero-order chi connectivity index (χ0) is 20.8. The van der Waals surface area contributed by atoms with Gasteiger partial charge in [0.15, 0.2) is 17.3 Å². The predicted molar refractivity (Wildman–Crippen MR) is 104 cm³/mol. The van der Waals surface area contributed by atoms with Gasteiger partial charge in [-0.3, -0.25) is 10.1 Å². The number of ether oxygens (including phenoxy) is 1. The van der Waals surface area contributed by atoms with Crippen molar-refractivity contribution >= 4 is 23.3 Å². The largest absolute Gasteiger partial charge is 0.452 e. The first-order valence-corrected chi connectivity index (χ1v) is 8.68. The number of halogens is 2. The maximum Gasteiger partial charge on any atom is 0.271 e. The topological polar surface area (TPSA) is 81.5 Å². The smallest absolute Gasteiger partial charge is 0.271 e. The molecule has 3 aromatic carbocycles. The van der Waals surface area contributed by atoms with Gasteiger partial charge in [0.1, 0.15) is 12.1 Å². The minimum atomic E-state index is -0.902. The normalized spacial score (nSPS) is 10.4. The Balaban J connectivity index is 1.99. The summed E-state index contributed by atoms with van der Waals surface area (Å²) < 4.78 is 32.7. The zero-order valence-electron chi connectivity index (χ0n) is 15.1. The van der Waals surface area contributed by atoms with E-state index in [4.69, 9.17) is 4.74 Å². The Morgan fingerprint density at radius 2 is 1.76 bits per heavy atom. The van der Waals surface area contributed by atoms with Crippen LogP contribution in [0.5, 0.6) is 11.5 Å². The molecule has 0 radical (unpaired) electrons. The number of nitro groups is 1. The molecule has 0 saturated carbocycles. The molecule has 8 heteroatoms. The Hall–Kier alpha value is -3.81. The Bertz CT molecular complexity index is 1060. The molecule has 0 fully saturated rings. The maximum atomic E-state index is 14.0. The van der Waals surface area contributed by atoms with Gasteiger partial charge in [-0.25, -0.2) is 8.78 Å². The van der Waals surface area contributed by atoms with Crippen LogP contribution in [0.15, 0.2) is 60.7 Å². The van der Waals surface area contributed by atoms with E-state index >= 15 is 0 Å². The van der Waals surface area contributed by atoms with E-state index in [2.05, 4.69) is 5.32 Å². The van der Waals surface area contributed by atoms with Gasteiger partial charge in [0.05, 0.1) is 10.6 Å². The van der Waals surface area contributed by atoms with Crippen molar-refractivity contribution in [2.24, 2.45) is 0 Å². The van der Waals surface area contributed by atoms with Crippen LogP contribution in [-0.2, 0) is 11.2 Å². The number of aldehydes is 1. The first-order chi connectivity index (χ1) is 14.0. The van der Waals surface area contributed by atoms with E-state index in [0.29, 0.717) is 24.6 Å². The molecule has 148 valence electrons. The maximum absolute atomic E-state index is 14.0. The fourth-order valence-electron chi connectivity index (χ4n) is 2.71. The quantitative estimate of drug-likeness (QED) is 0.306. The van der Waals surface area contributed by atoms with Crippen LogP contribution in [0.2, 0.25) is 0 Å². The molecular formula is C21H16F2N2O4. The summed E-state index contributed by atoms with van der Waals surface area (Å²) in [4.78, 5) is 21.3. The highest BCUT2D eigenvalue weighted by atomic mass is 19.1. The van der Waals surface area contributed by atoms with Crippen LogP contribution in [0.3, 0.4) is 0 Å². The monoisotopic (exact) mass is 398 g/mol. The van der Waals surface area contributed by atoms with Gasteiger partial charge in [-0.1, -0.05) is 18.2 Å². The first-order valence-electron chi connectivity index (χ1n) is 8.68. The summed E-state index contributed by atoms with van der Waals surface area (Å²) in [5, 5.41) is 14.2. The van der Waals surface area contributed by atoms with Crippen molar-refractivity contribution in [1.29, 1.82) is 0 Å². The van der Waals surface area contributed by atoms with Gasteiger partial charge in [0.25, 0.3) is 5.69 Å². The van der Waals surface area contributed by atoms with Crippen molar-refractivity contribution in [1.82, 2.24) is 0 Å². The second-order valence-electron chi connectivity index (χ2n) is 6.10. The van der Waals surface area contributed by atoms with Gasteiger partial charge in [-0.2, -0.15) is 0 Å². The van der Waals surface area contributed by atoms with Gasteiger partial charge < -0.3 is 14.8 Å². The number of nitrogens with zero attached hydrogens (tertiary/aromatic N) is 1. The van der Waals surface area contributed by atoms with Crippen molar-refractivity contribution in [3.05, 3.63) is 88.0 Å². The Kier molecular flexibility index (Phi) is 6.13. The molecular weight excluding hydrogens is 382 g/mol. The predicted octanol–water partition coefficient (Wildman–Crippen LogP) is 5.54. The third-order valence-electron chi connectivity index (χ3n) is 4.11. The number of hydrogen-bond acceptors (Lipinski definition) is 5. The van der Waals surface area contributed by atoms with E-state index in [1.807, 2.05) is 12.1 Å². The van der Waals surface area contributed by atoms with Gasteiger partial charge in [0.2, 0.25) is 0 Å². The fraction of sp³-hybridized carbons (Fsp3) is 0.0952. The number of nitrogens with one attached hydrogen (secondary N) is 1. The third kappa shape index (κ3) is 4.92. The molecule has 0 saturated heterocycles. The molecule has 0 aliphatic carbocycles. The van der Waals surface area contributed by atoms with Crippen molar-refractivity contribution in [2.75, 3.05) is 5.32 Å². The molecule has 0 atom stereocenters. The van der Waals surface area contributed by atoms with Crippen LogP contribution >= 0.6 is 0 Å². The van der Waals surface area contributed by atoms with E-state index in [9.17, 15) is 23.7 Å². The number of carbonyl (C=O) groups is 1. The highest BCUT2D eigenvalue weighted by molar-refractivity contribution is 5.71. The van der Waals surface area contributed by atoms with Crippen LogP contribution in [0.4, 0.5) is 25.8 Å². The van der Waals surface area contributed by atoms with Crippen molar-refractivity contribution in [2.45, 2.75) is 12.8 Å². The number of non-ortho nitro benzene ring substituents is 1. The number of benzene rings is 3. The first kappa shape index (κ1) is 19.9. The highest BCUT2D eigenvalue weighted by Crippen LogP contribution is 2.36. The number of nitro benzene ring substituents is 1. The molecule has 1 N–H and O–H groups in total. The Morgan fingerprint density at radius 1 is 1.00 bits per heavy atom. The molecule has 0 unspecified atom stereocenters. The summed E-state index contributed by atoms with van der Waals surface area (Å²) in [7, 11) is 0. The standard InChI is InChI=1S/C21H16F2N2O4/c22-15-7-9-20(17(23)12-15)29-21-10-8-16(25(27)28)13-19(21)24-18-6-2-1-4-14(18)5-3-11-26/h1-2,4,6-13,24H,3,5H2. The molecule has 6 nitrogen and oxygen atoms in total. The van der Waals surface area contributed by atoms with Crippen LogP contribution in [0.1, 0.15) is 12.0 Å². The van der Waals surface area contributed by atoms with Crippen LogP contribution in [0.25, 0.3) is 0 Å². The SMILES string of the molecule is O=CCCc1ccccc1Nc1cc([N+](=O)[O-])ccc1Oc1ccc(F)cc1F. The van der Waals surface area contributed by atoms with E-state index in [0.717, 1.165) is 24.0 Å². The zero-order valence-corrected chi connectivity index (χ0v) is 15.1. The molecule has 3 rings (SSSR count). The summed E-state index contributed by atoms with van der Waals surface area (Å²) in [6.45, 7) is 0. The van der Waals surface area contributed by atoms with Gasteiger partial charge >= 0.3 is 0 Å². The minimum absolute atomic E-state index is 0.117. The molecule has 0 amide bonds. The molecule has 29 heavy (non-hydrogen) atoms. The van der Waals surface area contributed by atoms with E-state index in [1.165, 1.54) is 18.2 Å². The van der Waals surface area contributed by atoms with Crippen molar-refractivity contribution < 1.29 is 23.2 Å². The molecule has 0 aliphatic rings. The fourth-order valence-corrected chi connectivity index (χ4v) is 2.71. The van der Waals surface area contributed by atoms with Gasteiger partial charge in [0, 0.05) is 30.3 Å². The third-order valence-corrected chi connectivity index (χ3v) is 4.11. The van der Waals surface area contributed by atoms with E-state index in [1.54, 1.807) is 12.1 Å². The number of para-hydroxylation sites is 1. The summed E-state index contributed by atoms with van der Waals surface area (Å²) in [6.07, 6.45) is 1.60. The molecule has 0 aliphatic heterocycles. The second kappa shape index (κ2) is 8.92. The second-order valence-corrected chi connectivity index (χ2v) is 6.10. The molecule has 0 spiro atoms. The van der Waals surface area contributed by atoms with Gasteiger partial charge in [-0.05, 0) is 36.2 Å². The van der Waals surface area contributed by atoms with Crippen LogP contribution in [0, 0.1) is 21.7 Å². The van der Waals surface area contributed by atoms with Crippen LogP contribution < -0.4 is 10.1 Å². The lowest BCUT2D eigenvalue weighted by molar-refractivity contribution is -0.384. The summed E-state index contributed by atoms with van der Waals surface area (Å²) >= 11 is 0. The lowest BCUT2D eigenvalue weighted by Gasteiger charge is -2.15. The molecule has 0 heterocycles. The number of hydrogen-bond donors (Lipinski definition) is 1. The number of carbonyl (C=O) groups excluding carboxylic acids is 1.